The molecule has 6 heteroatoms. The van der Waals surface area contributed by atoms with Gasteiger partial charge in [-0.2, -0.15) is 0 Å². The molecule has 1 aliphatic rings. The van der Waals surface area contributed by atoms with E-state index in [-0.39, 0.29) is 24.4 Å². The molecule has 2 unspecified atom stereocenters. The third-order valence-corrected chi connectivity index (χ3v) is 4.99. The highest BCUT2D eigenvalue weighted by atomic mass is 79.9. The van der Waals surface area contributed by atoms with E-state index in [2.05, 4.69) is 21.2 Å². The summed E-state index contributed by atoms with van der Waals surface area (Å²) in [5, 5.41) is 3.30. The molecule has 1 amide bonds. The fourth-order valence-corrected chi connectivity index (χ4v) is 3.27. The van der Waals surface area contributed by atoms with Crippen molar-refractivity contribution in [3.63, 3.8) is 0 Å². The normalized spacial score (nSPS) is 17.4. The molecule has 0 bridgehead atoms. The number of para-hydroxylation sites is 1. The Balaban J connectivity index is 0.00000225. The van der Waals surface area contributed by atoms with Crippen LogP contribution in [0.25, 0.3) is 0 Å². The summed E-state index contributed by atoms with van der Waals surface area (Å²) in [6, 6.07) is 17.5. The molecule has 2 aromatic rings. The van der Waals surface area contributed by atoms with E-state index < -0.39 is 6.10 Å². The van der Waals surface area contributed by atoms with E-state index in [1.807, 2.05) is 66.5 Å². The number of halogens is 2. The minimum atomic E-state index is -0.657. The molecule has 2 atom stereocenters. The van der Waals surface area contributed by atoms with Gasteiger partial charge < -0.3 is 15.0 Å². The molecule has 1 fully saturated rings. The second-order valence-electron chi connectivity index (χ2n) is 5.93. The lowest BCUT2D eigenvalue weighted by molar-refractivity contribution is -0.139. The van der Waals surface area contributed by atoms with E-state index in [0.717, 1.165) is 29.5 Å². The fraction of sp³-hybridized carbons (Fsp3) is 0.316. The first kappa shape index (κ1) is 19.8. The maximum Gasteiger partial charge on any atom is 0.268 e. The van der Waals surface area contributed by atoms with Gasteiger partial charge in [0.05, 0.1) is 4.47 Å². The van der Waals surface area contributed by atoms with Crippen molar-refractivity contribution >= 4 is 34.2 Å². The first-order chi connectivity index (χ1) is 11.7. The number of carbonyl (C=O) groups is 1. The van der Waals surface area contributed by atoms with Gasteiger partial charge in [0.2, 0.25) is 6.10 Å². The van der Waals surface area contributed by atoms with E-state index in [1.54, 1.807) is 0 Å². The number of hydrogen-bond acceptors (Lipinski definition) is 3. The maximum absolute atomic E-state index is 13.1. The molecule has 1 saturated heterocycles. The van der Waals surface area contributed by atoms with Crippen molar-refractivity contribution < 1.29 is 9.53 Å². The van der Waals surface area contributed by atoms with Crippen LogP contribution in [0.15, 0.2) is 59.1 Å². The van der Waals surface area contributed by atoms with E-state index in [4.69, 9.17) is 4.74 Å². The van der Waals surface area contributed by atoms with Gasteiger partial charge in [-0.25, -0.2) is 0 Å². The van der Waals surface area contributed by atoms with Gasteiger partial charge in [-0.3, -0.25) is 4.79 Å². The minimum absolute atomic E-state index is 0. The van der Waals surface area contributed by atoms with E-state index in [1.165, 1.54) is 0 Å². The Kier molecular flexibility index (Phi) is 7.29. The van der Waals surface area contributed by atoms with Gasteiger partial charge in [0.1, 0.15) is 5.75 Å². The molecular weight excluding hydrogens is 404 g/mol. The van der Waals surface area contributed by atoms with Crippen molar-refractivity contribution in [1.29, 1.82) is 0 Å². The van der Waals surface area contributed by atoms with Gasteiger partial charge in [0.25, 0.3) is 5.91 Å². The molecule has 25 heavy (non-hydrogen) atoms. The van der Waals surface area contributed by atoms with Crippen molar-refractivity contribution in [2.45, 2.75) is 18.6 Å². The Morgan fingerprint density at radius 1 is 1.20 bits per heavy atom. The molecule has 4 nitrogen and oxygen atoms in total. The summed E-state index contributed by atoms with van der Waals surface area (Å²) in [5.41, 5.74) is 0.857. The van der Waals surface area contributed by atoms with Crippen LogP contribution >= 0.6 is 28.3 Å². The Bertz CT molecular complexity index is 693. The van der Waals surface area contributed by atoms with Crippen LogP contribution in [-0.2, 0) is 4.79 Å². The van der Waals surface area contributed by atoms with E-state index >= 15 is 0 Å². The van der Waals surface area contributed by atoms with Gasteiger partial charge in [-0.1, -0.05) is 42.5 Å². The Morgan fingerprint density at radius 3 is 2.52 bits per heavy atom. The SMILES string of the molecule is CN(C(=O)C(Oc1ccccc1Br)c1ccccc1)C1CCNC1.Cl. The van der Waals surface area contributed by atoms with Gasteiger partial charge in [0, 0.05) is 25.2 Å². The third-order valence-electron chi connectivity index (χ3n) is 4.34. The number of nitrogens with one attached hydrogen (secondary N) is 1. The van der Waals surface area contributed by atoms with Gasteiger partial charge >= 0.3 is 0 Å². The molecule has 1 N–H and O–H groups in total. The molecule has 0 aliphatic carbocycles. The number of hydrogen-bond donors (Lipinski definition) is 1. The van der Waals surface area contributed by atoms with Crippen molar-refractivity contribution in [3.8, 4) is 5.75 Å². The summed E-state index contributed by atoms with van der Waals surface area (Å²) in [5.74, 6) is 0.642. The molecule has 2 aromatic carbocycles. The fourth-order valence-electron chi connectivity index (χ4n) is 2.89. The zero-order valence-electron chi connectivity index (χ0n) is 14.0. The average molecular weight is 426 g/mol. The Labute approximate surface area is 163 Å². The van der Waals surface area contributed by atoms with Crippen LogP contribution in [-0.4, -0.2) is 37.0 Å². The summed E-state index contributed by atoms with van der Waals surface area (Å²) < 4.78 is 6.95. The molecular formula is C19H22BrClN2O2. The number of nitrogens with zero attached hydrogens (tertiary/aromatic N) is 1. The molecule has 1 heterocycles. The molecule has 0 aromatic heterocycles. The molecule has 0 radical (unpaired) electrons. The second kappa shape index (κ2) is 9.22. The van der Waals surface area contributed by atoms with Crippen LogP contribution in [0.1, 0.15) is 18.1 Å². The second-order valence-corrected chi connectivity index (χ2v) is 6.79. The first-order valence-electron chi connectivity index (χ1n) is 8.10. The lowest BCUT2D eigenvalue weighted by atomic mass is 10.1. The van der Waals surface area contributed by atoms with Crippen LogP contribution in [0.5, 0.6) is 5.75 Å². The first-order valence-corrected chi connectivity index (χ1v) is 8.89. The number of amides is 1. The van der Waals surface area contributed by atoms with Crippen LogP contribution in [0, 0.1) is 0 Å². The summed E-state index contributed by atoms with van der Waals surface area (Å²) >= 11 is 3.49. The lowest BCUT2D eigenvalue weighted by Crippen LogP contribution is -2.42. The van der Waals surface area contributed by atoms with Crippen LogP contribution in [0.2, 0.25) is 0 Å². The number of benzene rings is 2. The average Bonchev–Trinajstić information content (AvgIpc) is 3.15. The molecule has 134 valence electrons. The maximum atomic E-state index is 13.1. The highest BCUT2D eigenvalue weighted by Crippen LogP contribution is 2.30. The number of likely N-dealkylation sites (N-methyl/N-ethyl adjacent to an activating group) is 1. The van der Waals surface area contributed by atoms with Gasteiger partial charge in [-0.05, 0) is 41.0 Å². The monoisotopic (exact) mass is 424 g/mol. The molecule has 0 spiro atoms. The summed E-state index contributed by atoms with van der Waals surface area (Å²) in [4.78, 5) is 14.9. The third kappa shape index (κ3) is 4.75. The largest absolute Gasteiger partial charge is 0.475 e. The highest BCUT2D eigenvalue weighted by molar-refractivity contribution is 9.10. The standard InChI is InChI=1S/C19H21BrN2O2.ClH/c1-22(15-11-12-21-13-15)19(23)18(14-7-3-2-4-8-14)24-17-10-6-5-9-16(17)20;/h2-10,15,18,21H,11-13H2,1H3;1H. The van der Waals surface area contributed by atoms with Gasteiger partial charge in [0.15, 0.2) is 0 Å². The van der Waals surface area contributed by atoms with Crippen molar-refractivity contribution in [2.24, 2.45) is 0 Å². The van der Waals surface area contributed by atoms with Crippen LogP contribution in [0.3, 0.4) is 0 Å². The van der Waals surface area contributed by atoms with Gasteiger partial charge in [-0.15, -0.1) is 12.4 Å². The molecule has 0 saturated carbocycles. The number of rotatable bonds is 5. The molecule has 1 aliphatic heterocycles. The Hall–Kier alpha value is -1.56. The summed E-state index contributed by atoms with van der Waals surface area (Å²) in [6.45, 7) is 1.78. The molecule has 3 rings (SSSR count). The number of carbonyl (C=O) groups excluding carboxylic acids is 1. The zero-order chi connectivity index (χ0) is 16.9. The highest BCUT2D eigenvalue weighted by Gasteiger charge is 2.31. The van der Waals surface area contributed by atoms with Crippen LogP contribution in [0.4, 0.5) is 0 Å². The predicted octanol–water partition coefficient (Wildman–Crippen LogP) is 3.81. The number of ether oxygens (including phenoxy) is 1. The topological polar surface area (TPSA) is 41.6 Å². The van der Waals surface area contributed by atoms with Crippen molar-refractivity contribution in [3.05, 3.63) is 64.6 Å². The predicted molar refractivity (Wildman–Crippen MR) is 105 cm³/mol. The summed E-state index contributed by atoms with van der Waals surface area (Å²) in [6.07, 6.45) is 0.314. The van der Waals surface area contributed by atoms with E-state index in [9.17, 15) is 4.79 Å². The Morgan fingerprint density at radius 2 is 1.88 bits per heavy atom. The van der Waals surface area contributed by atoms with Crippen LogP contribution < -0.4 is 10.1 Å². The minimum Gasteiger partial charge on any atom is -0.475 e. The smallest absolute Gasteiger partial charge is 0.268 e. The van der Waals surface area contributed by atoms with E-state index in [0.29, 0.717) is 5.75 Å². The summed E-state index contributed by atoms with van der Waals surface area (Å²) in [7, 11) is 1.86. The zero-order valence-corrected chi connectivity index (χ0v) is 16.4. The quantitative estimate of drug-likeness (QED) is 0.792. The lowest BCUT2D eigenvalue weighted by Gasteiger charge is -2.29. The van der Waals surface area contributed by atoms with Crippen molar-refractivity contribution in [2.75, 3.05) is 20.1 Å². The van der Waals surface area contributed by atoms with Crippen molar-refractivity contribution in [1.82, 2.24) is 10.2 Å².